The Kier molecular flexibility index (Phi) is 7.03. The van der Waals surface area contributed by atoms with E-state index in [1.54, 1.807) is 0 Å². The lowest BCUT2D eigenvalue weighted by atomic mass is 9.92. The summed E-state index contributed by atoms with van der Waals surface area (Å²) in [7, 11) is 0. The molecule has 0 saturated carbocycles. The molecule has 0 aliphatic rings. The maximum Gasteiger partial charge on any atom is -0.0320 e. The molecule has 0 N–H and O–H groups in total. The van der Waals surface area contributed by atoms with E-state index in [4.69, 9.17) is 0 Å². The van der Waals surface area contributed by atoms with Crippen molar-refractivity contribution in [2.75, 3.05) is 0 Å². The van der Waals surface area contributed by atoms with Gasteiger partial charge in [0.25, 0.3) is 0 Å². The van der Waals surface area contributed by atoms with Gasteiger partial charge in [-0.15, -0.1) is 0 Å². The number of hydrogen-bond donors (Lipinski definition) is 0. The normalized spacial score (nSPS) is 13.3. The first-order valence-electron chi connectivity index (χ1n) is 5.72. The standard InChI is InChI=1S/C13H26/c1-6-7-12(4)8-9-13(5)10-11(2)3/h11,13H,4,6-10H2,1-3,5H3. The summed E-state index contributed by atoms with van der Waals surface area (Å²) in [6.45, 7) is 13.3. The molecule has 78 valence electrons. The lowest BCUT2D eigenvalue weighted by Crippen LogP contribution is -2.00. The van der Waals surface area contributed by atoms with E-state index < -0.39 is 0 Å². The molecule has 0 amide bonds. The van der Waals surface area contributed by atoms with Gasteiger partial charge in [0, 0.05) is 0 Å². The summed E-state index contributed by atoms with van der Waals surface area (Å²) in [5, 5.41) is 0. The molecule has 0 bridgehead atoms. The molecule has 0 nitrogen and oxygen atoms in total. The Morgan fingerprint density at radius 3 is 2.23 bits per heavy atom. The minimum Gasteiger partial charge on any atom is -0.0999 e. The van der Waals surface area contributed by atoms with Crippen molar-refractivity contribution in [3.8, 4) is 0 Å². The van der Waals surface area contributed by atoms with Crippen LogP contribution in [0.15, 0.2) is 12.2 Å². The lowest BCUT2D eigenvalue weighted by Gasteiger charge is -2.14. The van der Waals surface area contributed by atoms with E-state index in [0.29, 0.717) is 0 Å². The third-order valence-electron chi connectivity index (χ3n) is 2.47. The second-order valence-corrected chi connectivity index (χ2v) is 4.77. The Morgan fingerprint density at radius 2 is 1.77 bits per heavy atom. The van der Waals surface area contributed by atoms with Crippen LogP contribution in [0, 0.1) is 11.8 Å². The first kappa shape index (κ1) is 12.7. The van der Waals surface area contributed by atoms with Crippen LogP contribution in [0.25, 0.3) is 0 Å². The van der Waals surface area contributed by atoms with Crippen molar-refractivity contribution in [3.05, 3.63) is 12.2 Å². The molecule has 0 heteroatoms. The lowest BCUT2D eigenvalue weighted by molar-refractivity contribution is 0.413. The Bertz CT molecular complexity index is 133. The van der Waals surface area contributed by atoms with E-state index in [0.717, 1.165) is 11.8 Å². The quantitative estimate of drug-likeness (QED) is 0.496. The van der Waals surface area contributed by atoms with Gasteiger partial charge in [-0.1, -0.05) is 46.3 Å². The van der Waals surface area contributed by atoms with E-state index in [1.807, 2.05) is 0 Å². The van der Waals surface area contributed by atoms with E-state index in [9.17, 15) is 0 Å². The molecule has 0 aliphatic carbocycles. The molecule has 0 rings (SSSR count). The molecule has 0 spiro atoms. The topological polar surface area (TPSA) is 0 Å². The molecule has 13 heavy (non-hydrogen) atoms. The second-order valence-electron chi connectivity index (χ2n) is 4.77. The summed E-state index contributed by atoms with van der Waals surface area (Å²) < 4.78 is 0. The predicted octanol–water partition coefficient (Wildman–Crippen LogP) is 4.81. The van der Waals surface area contributed by atoms with Gasteiger partial charge in [-0.2, -0.15) is 0 Å². The Hall–Kier alpha value is -0.260. The largest absolute Gasteiger partial charge is 0.0999 e. The molecule has 0 aliphatic heterocycles. The molecule has 0 aromatic heterocycles. The van der Waals surface area contributed by atoms with E-state index in [-0.39, 0.29) is 0 Å². The summed E-state index contributed by atoms with van der Waals surface area (Å²) in [6.07, 6.45) is 6.39. The van der Waals surface area contributed by atoms with Gasteiger partial charge in [0.05, 0.1) is 0 Å². The zero-order chi connectivity index (χ0) is 10.3. The Morgan fingerprint density at radius 1 is 1.15 bits per heavy atom. The molecule has 1 atom stereocenters. The molecule has 0 saturated heterocycles. The van der Waals surface area contributed by atoms with Gasteiger partial charge in [0.15, 0.2) is 0 Å². The summed E-state index contributed by atoms with van der Waals surface area (Å²) in [5.41, 5.74) is 1.44. The highest BCUT2D eigenvalue weighted by Gasteiger charge is 2.05. The van der Waals surface area contributed by atoms with Gasteiger partial charge in [0.2, 0.25) is 0 Å². The van der Waals surface area contributed by atoms with Gasteiger partial charge in [-0.3, -0.25) is 0 Å². The van der Waals surface area contributed by atoms with Crippen molar-refractivity contribution < 1.29 is 0 Å². The fraction of sp³-hybridized carbons (Fsp3) is 0.846. The summed E-state index contributed by atoms with van der Waals surface area (Å²) in [4.78, 5) is 0. The van der Waals surface area contributed by atoms with Crippen LogP contribution in [0.1, 0.15) is 59.8 Å². The Labute approximate surface area is 84.4 Å². The van der Waals surface area contributed by atoms with Crippen molar-refractivity contribution in [1.82, 2.24) is 0 Å². The molecule has 0 radical (unpaired) electrons. The highest BCUT2D eigenvalue weighted by molar-refractivity contribution is 4.93. The SMILES string of the molecule is C=C(CCC)CCC(C)CC(C)C. The first-order chi connectivity index (χ1) is 6.06. The van der Waals surface area contributed by atoms with Crippen molar-refractivity contribution in [3.63, 3.8) is 0 Å². The van der Waals surface area contributed by atoms with Crippen molar-refractivity contribution in [1.29, 1.82) is 0 Å². The monoisotopic (exact) mass is 182 g/mol. The summed E-state index contributed by atoms with van der Waals surface area (Å²) >= 11 is 0. The highest BCUT2D eigenvalue weighted by Crippen LogP contribution is 2.19. The summed E-state index contributed by atoms with van der Waals surface area (Å²) in [6, 6.07) is 0. The highest BCUT2D eigenvalue weighted by atomic mass is 14.1. The third kappa shape index (κ3) is 8.08. The average molecular weight is 182 g/mol. The zero-order valence-electron chi connectivity index (χ0n) is 9.90. The van der Waals surface area contributed by atoms with Crippen LogP contribution in [0.5, 0.6) is 0 Å². The minimum atomic E-state index is 0.842. The first-order valence-corrected chi connectivity index (χ1v) is 5.72. The third-order valence-corrected chi connectivity index (χ3v) is 2.47. The van der Waals surface area contributed by atoms with Crippen LogP contribution in [0.4, 0.5) is 0 Å². The van der Waals surface area contributed by atoms with Gasteiger partial charge < -0.3 is 0 Å². The van der Waals surface area contributed by atoms with E-state index >= 15 is 0 Å². The molecule has 0 aromatic rings. The number of allylic oxidation sites excluding steroid dienone is 1. The van der Waals surface area contributed by atoms with E-state index in [1.165, 1.54) is 37.7 Å². The fourth-order valence-electron chi connectivity index (χ4n) is 1.85. The molecule has 1 unspecified atom stereocenters. The van der Waals surface area contributed by atoms with Gasteiger partial charge in [0.1, 0.15) is 0 Å². The van der Waals surface area contributed by atoms with Crippen LogP contribution < -0.4 is 0 Å². The number of hydrogen-bond acceptors (Lipinski definition) is 0. The zero-order valence-corrected chi connectivity index (χ0v) is 9.90. The molecule has 0 fully saturated rings. The minimum absolute atomic E-state index is 0.842. The van der Waals surface area contributed by atoms with E-state index in [2.05, 4.69) is 34.3 Å². The molecule has 0 aromatic carbocycles. The average Bonchev–Trinajstić information content (AvgIpc) is 2.00. The van der Waals surface area contributed by atoms with Crippen LogP contribution in [0.2, 0.25) is 0 Å². The fourth-order valence-corrected chi connectivity index (χ4v) is 1.85. The second kappa shape index (κ2) is 7.17. The van der Waals surface area contributed by atoms with Crippen LogP contribution >= 0.6 is 0 Å². The van der Waals surface area contributed by atoms with Crippen molar-refractivity contribution in [2.24, 2.45) is 11.8 Å². The predicted molar refractivity (Wildman–Crippen MR) is 61.9 cm³/mol. The van der Waals surface area contributed by atoms with Crippen LogP contribution in [-0.4, -0.2) is 0 Å². The van der Waals surface area contributed by atoms with Gasteiger partial charge in [-0.25, -0.2) is 0 Å². The molecular formula is C13H26. The summed E-state index contributed by atoms with van der Waals surface area (Å²) in [5.74, 6) is 1.71. The smallest absolute Gasteiger partial charge is 0.0320 e. The molecular weight excluding hydrogens is 156 g/mol. The maximum absolute atomic E-state index is 4.10. The van der Waals surface area contributed by atoms with Gasteiger partial charge >= 0.3 is 0 Å². The number of rotatable bonds is 7. The molecule has 0 heterocycles. The van der Waals surface area contributed by atoms with Crippen molar-refractivity contribution >= 4 is 0 Å². The van der Waals surface area contributed by atoms with Crippen LogP contribution in [0.3, 0.4) is 0 Å². The van der Waals surface area contributed by atoms with Crippen molar-refractivity contribution in [2.45, 2.75) is 59.8 Å². The van der Waals surface area contributed by atoms with Crippen LogP contribution in [-0.2, 0) is 0 Å². The Balaban J connectivity index is 3.45. The maximum atomic E-state index is 4.10. The van der Waals surface area contributed by atoms with Gasteiger partial charge in [-0.05, 0) is 37.5 Å².